The molecule has 12 heteroatoms. The highest BCUT2D eigenvalue weighted by Gasteiger charge is 2.48. The zero-order valence-electron chi connectivity index (χ0n) is 20.7. The van der Waals surface area contributed by atoms with Crippen LogP contribution in [0.1, 0.15) is 55.0 Å². The topological polar surface area (TPSA) is 43.2 Å². The predicted molar refractivity (Wildman–Crippen MR) is 132 cm³/mol. The molecule has 2 aromatic carbocycles. The van der Waals surface area contributed by atoms with Gasteiger partial charge >= 0.3 is 12.4 Å². The predicted octanol–water partition coefficient (Wildman–Crippen LogP) is 7.15. The third kappa shape index (κ3) is 5.76. The van der Waals surface area contributed by atoms with Gasteiger partial charge in [0, 0.05) is 6.54 Å². The molecule has 1 aliphatic rings. The van der Waals surface area contributed by atoms with Gasteiger partial charge in [-0.2, -0.15) is 26.3 Å². The van der Waals surface area contributed by atoms with Crippen LogP contribution in [0.2, 0.25) is 0 Å². The van der Waals surface area contributed by atoms with Gasteiger partial charge in [0.2, 0.25) is 0 Å². The lowest BCUT2D eigenvalue weighted by Gasteiger charge is -2.53. The molecular weight excluding hydrogens is 578 g/mol. The van der Waals surface area contributed by atoms with Crippen LogP contribution in [0.15, 0.2) is 61.2 Å². The Morgan fingerprint density at radius 1 is 0.947 bits per heavy atom. The minimum Gasteiger partial charge on any atom is -0.372 e. The van der Waals surface area contributed by atoms with E-state index in [1.54, 1.807) is 12.7 Å². The Morgan fingerprint density at radius 2 is 1.53 bits per heavy atom. The van der Waals surface area contributed by atoms with Gasteiger partial charge in [-0.1, -0.05) is 46.3 Å². The van der Waals surface area contributed by atoms with Gasteiger partial charge < -0.3 is 9.30 Å². The Labute approximate surface area is 224 Å². The second-order valence-electron chi connectivity index (χ2n) is 9.87. The molecule has 4 rings (SSSR count). The Balaban J connectivity index is 1.66. The zero-order valence-corrected chi connectivity index (χ0v) is 22.3. The molecule has 0 amide bonds. The number of ether oxygens (including phenoxy) is 1. The summed E-state index contributed by atoms with van der Waals surface area (Å²) in [4.78, 5) is 2.17. The molecule has 2 heterocycles. The highest BCUT2D eigenvalue weighted by atomic mass is 79.9. The van der Waals surface area contributed by atoms with Gasteiger partial charge in [0.15, 0.2) is 0 Å². The van der Waals surface area contributed by atoms with E-state index in [1.165, 1.54) is 6.92 Å². The van der Waals surface area contributed by atoms with Crippen molar-refractivity contribution in [3.05, 3.63) is 83.4 Å². The van der Waals surface area contributed by atoms with Crippen LogP contribution in [0.5, 0.6) is 0 Å². The molecule has 0 radical (unpaired) electrons. The average molecular weight is 605 g/mol. The van der Waals surface area contributed by atoms with Gasteiger partial charge in [0.1, 0.15) is 12.7 Å². The van der Waals surface area contributed by atoms with Crippen LogP contribution in [0, 0.1) is 0 Å². The van der Waals surface area contributed by atoms with Crippen molar-refractivity contribution in [3.8, 4) is 0 Å². The van der Waals surface area contributed by atoms with Crippen LogP contribution in [-0.4, -0.2) is 38.3 Å². The fourth-order valence-corrected chi connectivity index (χ4v) is 5.67. The first-order valence-electron chi connectivity index (χ1n) is 11.9. The molecule has 0 unspecified atom stereocenters. The fraction of sp³-hybridized carbons (Fsp3) is 0.462. The lowest BCUT2D eigenvalue weighted by atomic mass is 9.75. The molecule has 0 spiro atoms. The Bertz CT molecular complexity index is 1190. The smallest absolute Gasteiger partial charge is 0.372 e. The number of hydrogen-bond donors (Lipinski definition) is 0. The van der Waals surface area contributed by atoms with Crippen LogP contribution >= 0.6 is 15.9 Å². The molecule has 0 aliphatic carbocycles. The number of piperidine rings is 1. The maximum absolute atomic E-state index is 13.4. The first-order chi connectivity index (χ1) is 17.8. The third-order valence-electron chi connectivity index (χ3n) is 7.36. The number of nitrogens with zero attached hydrogens (tertiary/aromatic N) is 4. The van der Waals surface area contributed by atoms with Gasteiger partial charge in [0.25, 0.3) is 0 Å². The largest absolute Gasteiger partial charge is 0.416 e. The molecular formula is C26H27BrF6N4O. The summed E-state index contributed by atoms with van der Waals surface area (Å²) < 4.78 is 88.6. The number of aromatic nitrogens is 3. The lowest BCUT2D eigenvalue weighted by Crippen LogP contribution is -2.59. The molecule has 3 aromatic rings. The highest BCUT2D eigenvalue weighted by molar-refractivity contribution is 9.09. The van der Waals surface area contributed by atoms with Gasteiger partial charge in [0.05, 0.1) is 40.4 Å². The van der Waals surface area contributed by atoms with E-state index in [1.807, 2.05) is 34.9 Å². The van der Waals surface area contributed by atoms with Gasteiger partial charge in [-0.3, -0.25) is 4.90 Å². The van der Waals surface area contributed by atoms with E-state index in [4.69, 9.17) is 4.74 Å². The van der Waals surface area contributed by atoms with Crippen molar-refractivity contribution in [2.24, 2.45) is 0 Å². The van der Waals surface area contributed by atoms with Crippen LogP contribution in [0.25, 0.3) is 0 Å². The van der Waals surface area contributed by atoms with Gasteiger partial charge in [-0.15, -0.1) is 10.2 Å². The van der Waals surface area contributed by atoms with E-state index < -0.39 is 35.1 Å². The van der Waals surface area contributed by atoms with E-state index in [-0.39, 0.29) is 23.8 Å². The van der Waals surface area contributed by atoms with E-state index in [0.717, 1.165) is 17.7 Å². The number of rotatable bonds is 7. The number of halogens is 7. The Kier molecular flexibility index (Phi) is 7.98. The second kappa shape index (κ2) is 10.6. The Hall–Kier alpha value is -2.44. The standard InChI is InChI=1S/C26H27BrF6N4O/c1-18(19-10-21(25(28,29)30)12-22(11-19)26(31,32)33)38-14-24(20-6-4-3-5-7-20)9-8-23(2,13-36(24)15-27)37-16-34-35-17-37/h3-7,10-12,16-18H,8-9,13-15H2,1-2H3/t18-,23-,24-/m1/s1. The summed E-state index contributed by atoms with van der Waals surface area (Å²) in [7, 11) is 0. The van der Waals surface area contributed by atoms with Crippen molar-refractivity contribution in [2.45, 2.75) is 56.2 Å². The van der Waals surface area contributed by atoms with E-state index in [2.05, 4.69) is 38.0 Å². The van der Waals surface area contributed by atoms with E-state index in [9.17, 15) is 26.3 Å². The summed E-state index contributed by atoms with van der Waals surface area (Å²) in [5.41, 5.74) is -2.52. The zero-order chi connectivity index (χ0) is 27.8. The van der Waals surface area contributed by atoms with Crippen molar-refractivity contribution in [3.63, 3.8) is 0 Å². The Morgan fingerprint density at radius 3 is 2.05 bits per heavy atom. The van der Waals surface area contributed by atoms with Crippen molar-refractivity contribution < 1.29 is 31.1 Å². The highest BCUT2D eigenvalue weighted by Crippen LogP contribution is 2.45. The van der Waals surface area contributed by atoms with Crippen LogP contribution in [0.3, 0.4) is 0 Å². The number of likely N-dealkylation sites (tertiary alicyclic amines) is 1. The normalized spacial score (nSPS) is 23.9. The average Bonchev–Trinajstić information content (AvgIpc) is 3.43. The van der Waals surface area contributed by atoms with Crippen molar-refractivity contribution in [2.75, 3.05) is 18.6 Å². The summed E-state index contributed by atoms with van der Waals surface area (Å²) in [6.45, 7) is 4.19. The van der Waals surface area contributed by atoms with Crippen molar-refractivity contribution >= 4 is 15.9 Å². The summed E-state index contributed by atoms with van der Waals surface area (Å²) in [6.07, 6.45) is -6.24. The van der Waals surface area contributed by atoms with Crippen LogP contribution in [0.4, 0.5) is 26.3 Å². The van der Waals surface area contributed by atoms with Gasteiger partial charge in [-0.05, 0) is 56.0 Å². The SMILES string of the molecule is C[C@@H](OC[C@@]1(c2ccccc2)CC[C@@](C)(n2cnnc2)CN1CBr)c1cc(C(F)(F)F)cc(C(F)(F)F)c1. The van der Waals surface area contributed by atoms with Crippen LogP contribution in [-0.2, 0) is 28.2 Å². The molecule has 0 N–H and O–H groups in total. The fourth-order valence-electron chi connectivity index (χ4n) is 5.02. The molecule has 1 aromatic heterocycles. The minimum absolute atomic E-state index is 0.0552. The molecule has 1 aliphatic heterocycles. The quantitative estimate of drug-likeness (QED) is 0.163. The van der Waals surface area contributed by atoms with Crippen LogP contribution < -0.4 is 0 Å². The number of alkyl halides is 7. The van der Waals surface area contributed by atoms with E-state index in [0.29, 0.717) is 24.8 Å². The maximum atomic E-state index is 13.4. The second-order valence-corrected chi connectivity index (χ2v) is 10.4. The minimum atomic E-state index is -4.93. The first kappa shape index (κ1) is 28.6. The molecule has 206 valence electrons. The molecule has 1 fully saturated rings. The molecule has 0 bridgehead atoms. The summed E-state index contributed by atoms with van der Waals surface area (Å²) >= 11 is 3.59. The summed E-state index contributed by atoms with van der Waals surface area (Å²) in [6, 6.07) is 11.1. The third-order valence-corrected chi connectivity index (χ3v) is 7.97. The van der Waals surface area contributed by atoms with Crippen molar-refractivity contribution in [1.82, 2.24) is 19.7 Å². The maximum Gasteiger partial charge on any atom is 0.416 e. The van der Waals surface area contributed by atoms with Crippen molar-refractivity contribution in [1.29, 1.82) is 0 Å². The molecule has 0 saturated carbocycles. The summed E-state index contributed by atoms with van der Waals surface area (Å²) in [5, 5.41) is 7.86. The number of hydrogen-bond acceptors (Lipinski definition) is 4. The molecule has 3 atom stereocenters. The lowest BCUT2D eigenvalue weighted by molar-refractivity contribution is -0.143. The summed E-state index contributed by atoms with van der Waals surface area (Å²) in [5.74, 6) is 0. The monoisotopic (exact) mass is 604 g/mol. The number of benzene rings is 2. The molecule has 38 heavy (non-hydrogen) atoms. The molecule has 5 nitrogen and oxygen atoms in total. The molecule has 1 saturated heterocycles. The first-order valence-corrected chi connectivity index (χ1v) is 13.0. The van der Waals surface area contributed by atoms with Gasteiger partial charge in [-0.25, -0.2) is 0 Å². The van der Waals surface area contributed by atoms with E-state index >= 15 is 0 Å².